The summed E-state index contributed by atoms with van der Waals surface area (Å²) in [5.41, 5.74) is 2.18. The summed E-state index contributed by atoms with van der Waals surface area (Å²) in [4.78, 5) is 29.7. The van der Waals surface area contributed by atoms with Gasteiger partial charge in [0.15, 0.2) is 0 Å². The summed E-state index contributed by atoms with van der Waals surface area (Å²) in [5.74, 6) is -0.359. The number of rotatable bonds is 7. The van der Waals surface area contributed by atoms with Crippen molar-refractivity contribution in [3.8, 4) is 0 Å². The van der Waals surface area contributed by atoms with Crippen LogP contribution in [0.4, 0.5) is 5.69 Å². The molecular weight excluding hydrogens is 364 g/mol. The molecule has 0 aliphatic heterocycles. The molecule has 0 N–H and O–H groups in total. The number of ketones is 1. The van der Waals surface area contributed by atoms with E-state index in [1.807, 2.05) is 48.5 Å². The third-order valence-electron chi connectivity index (χ3n) is 4.91. The molecular formula is C24H26N2O3. The predicted molar refractivity (Wildman–Crippen MR) is 118 cm³/mol. The largest absolute Gasteiger partial charge is 0.422 e. The molecule has 1 heterocycles. The standard InChI is InChI=1S/C24H26N2O3/c1-5-26(6-2)19-13-12-18-15-20(24(28)29-22(18)16-19)23(27)21(25(3)4)14-17-10-8-7-9-11-17/h7-16H,5-6H2,1-4H3. The highest BCUT2D eigenvalue weighted by Crippen LogP contribution is 2.23. The second-order valence-electron chi connectivity index (χ2n) is 7.01. The molecule has 1 aromatic heterocycles. The Kier molecular flexibility index (Phi) is 6.17. The first-order valence-corrected chi connectivity index (χ1v) is 9.76. The fraction of sp³-hybridized carbons (Fsp3) is 0.250. The minimum absolute atomic E-state index is 0.0315. The van der Waals surface area contributed by atoms with Crippen LogP contribution < -0.4 is 10.5 Å². The Bertz CT molecular complexity index is 1090. The normalized spacial score (nSPS) is 11.5. The minimum atomic E-state index is -0.625. The van der Waals surface area contributed by atoms with Crippen LogP contribution in [-0.4, -0.2) is 37.9 Å². The highest BCUT2D eigenvalue weighted by molar-refractivity contribution is 6.11. The van der Waals surface area contributed by atoms with Gasteiger partial charge in [0, 0.05) is 44.3 Å². The van der Waals surface area contributed by atoms with E-state index in [1.54, 1.807) is 31.1 Å². The number of hydrogen-bond donors (Lipinski definition) is 0. The first-order valence-electron chi connectivity index (χ1n) is 9.76. The number of allylic oxidation sites excluding steroid dienone is 1. The number of carbonyl (C=O) groups excluding carboxylic acids is 1. The maximum atomic E-state index is 13.1. The molecule has 0 saturated carbocycles. The van der Waals surface area contributed by atoms with Gasteiger partial charge in [-0.3, -0.25) is 4.79 Å². The van der Waals surface area contributed by atoms with Crippen molar-refractivity contribution in [2.45, 2.75) is 13.8 Å². The van der Waals surface area contributed by atoms with E-state index < -0.39 is 5.63 Å². The van der Waals surface area contributed by atoms with Gasteiger partial charge >= 0.3 is 5.63 Å². The summed E-state index contributed by atoms with van der Waals surface area (Å²) in [6.07, 6.45) is 1.77. The molecule has 0 amide bonds. The number of carbonyl (C=O) groups is 1. The number of nitrogens with zero attached hydrogens (tertiary/aromatic N) is 2. The number of anilines is 1. The van der Waals surface area contributed by atoms with Crippen LogP contribution >= 0.6 is 0 Å². The number of likely N-dealkylation sites (N-methyl/N-ethyl adjacent to an activating group) is 1. The van der Waals surface area contributed by atoms with E-state index in [0.29, 0.717) is 11.3 Å². The highest BCUT2D eigenvalue weighted by Gasteiger charge is 2.20. The van der Waals surface area contributed by atoms with Crippen LogP contribution in [-0.2, 0) is 0 Å². The van der Waals surface area contributed by atoms with Crippen LogP contribution in [0.1, 0.15) is 29.8 Å². The fourth-order valence-corrected chi connectivity index (χ4v) is 3.29. The Labute approximate surface area is 170 Å². The Morgan fingerprint density at radius 1 is 1.00 bits per heavy atom. The lowest BCUT2D eigenvalue weighted by Gasteiger charge is -2.21. The fourth-order valence-electron chi connectivity index (χ4n) is 3.29. The average molecular weight is 390 g/mol. The quantitative estimate of drug-likeness (QED) is 0.339. The van der Waals surface area contributed by atoms with Crippen LogP contribution in [0.15, 0.2) is 69.5 Å². The van der Waals surface area contributed by atoms with Crippen molar-refractivity contribution < 1.29 is 9.21 Å². The maximum absolute atomic E-state index is 13.1. The second kappa shape index (κ2) is 8.78. The van der Waals surface area contributed by atoms with E-state index in [0.717, 1.165) is 29.7 Å². The first kappa shape index (κ1) is 20.4. The van der Waals surface area contributed by atoms with E-state index >= 15 is 0 Å². The molecule has 0 aliphatic carbocycles. The van der Waals surface area contributed by atoms with Crippen LogP contribution in [0.2, 0.25) is 0 Å². The Hall–Kier alpha value is -3.34. The molecule has 0 aliphatic rings. The monoisotopic (exact) mass is 390 g/mol. The molecule has 2 aromatic carbocycles. The Morgan fingerprint density at radius 2 is 1.69 bits per heavy atom. The first-order chi connectivity index (χ1) is 13.9. The lowest BCUT2D eigenvalue weighted by atomic mass is 10.0. The zero-order valence-electron chi connectivity index (χ0n) is 17.3. The van der Waals surface area contributed by atoms with Gasteiger partial charge in [-0.25, -0.2) is 4.79 Å². The lowest BCUT2D eigenvalue weighted by molar-refractivity contribution is 0.100. The van der Waals surface area contributed by atoms with Crippen molar-refractivity contribution in [1.82, 2.24) is 4.90 Å². The average Bonchev–Trinajstić information content (AvgIpc) is 2.72. The highest BCUT2D eigenvalue weighted by atomic mass is 16.4. The van der Waals surface area contributed by atoms with Gasteiger partial charge in [0.05, 0.1) is 5.70 Å². The Morgan fingerprint density at radius 3 is 2.31 bits per heavy atom. The van der Waals surface area contributed by atoms with E-state index in [2.05, 4.69) is 18.7 Å². The van der Waals surface area contributed by atoms with Gasteiger partial charge in [0.25, 0.3) is 0 Å². The van der Waals surface area contributed by atoms with Crippen molar-refractivity contribution in [3.05, 3.63) is 81.8 Å². The lowest BCUT2D eigenvalue weighted by Crippen LogP contribution is -2.24. The number of fused-ring (bicyclic) bond motifs is 1. The van der Waals surface area contributed by atoms with Crippen LogP contribution in [0.3, 0.4) is 0 Å². The van der Waals surface area contributed by atoms with E-state index in [4.69, 9.17) is 4.42 Å². The van der Waals surface area contributed by atoms with Crippen molar-refractivity contribution in [3.63, 3.8) is 0 Å². The summed E-state index contributed by atoms with van der Waals surface area (Å²) >= 11 is 0. The molecule has 3 aromatic rings. The van der Waals surface area contributed by atoms with Crippen LogP contribution in [0.25, 0.3) is 17.0 Å². The molecule has 0 bridgehead atoms. The van der Waals surface area contributed by atoms with Crippen LogP contribution in [0, 0.1) is 0 Å². The molecule has 3 rings (SSSR count). The molecule has 0 fully saturated rings. The van der Waals surface area contributed by atoms with Crippen LogP contribution in [0.5, 0.6) is 0 Å². The molecule has 5 heteroatoms. The van der Waals surface area contributed by atoms with E-state index in [9.17, 15) is 9.59 Å². The topological polar surface area (TPSA) is 53.8 Å². The van der Waals surface area contributed by atoms with E-state index in [-0.39, 0.29) is 11.3 Å². The number of benzene rings is 2. The molecule has 29 heavy (non-hydrogen) atoms. The zero-order valence-corrected chi connectivity index (χ0v) is 17.3. The molecule has 5 nitrogen and oxygen atoms in total. The molecule has 0 radical (unpaired) electrons. The van der Waals surface area contributed by atoms with Gasteiger partial charge in [0.1, 0.15) is 11.1 Å². The second-order valence-corrected chi connectivity index (χ2v) is 7.01. The van der Waals surface area contributed by atoms with Gasteiger partial charge < -0.3 is 14.2 Å². The predicted octanol–water partition coefficient (Wildman–Crippen LogP) is 4.42. The Balaban J connectivity index is 2.05. The van der Waals surface area contributed by atoms with Gasteiger partial charge in [-0.1, -0.05) is 30.3 Å². The SMILES string of the molecule is CCN(CC)c1ccc2cc(C(=O)C(=Cc3ccccc3)N(C)C)c(=O)oc2c1. The van der Waals surface area contributed by atoms with Gasteiger partial charge in [-0.15, -0.1) is 0 Å². The van der Waals surface area contributed by atoms with Crippen molar-refractivity contribution in [2.75, 3.05) is 32.1 Å². The van der Waals surface area contributed by atoms with Gasteiger partial charge in [-0.05, 0) is 43.7 Å². The zero-order chi connectivity index (χ0) is 21.0. The molecule has 150 valence electrons. The molecule has 0 atom stereocenters. The third kappa shape index (κ3) is 4.40. The molecule has 0 spiro atoms. The summed E-state index contributed by atoms with van der Waals surface area (Å²) in [7, 11) is 3.57. The summed E-state index contributed by atoms with van der Waals surface area (Å²) in [5, 5.41) is 0.724. The van der Waals surface area contributed by atoms with E-state index in [1.165, 1.54) is 0 Å². The molecule has 0 saturated heterocycles. The van der Waals surface area contributed by atoms with Crippen molar-refractivity contribution in [1.29, 1.82) is 0 Å². The smallest absolute Gasteiger partial charge is 0.347 e. The minimum Gasteiger partial charge on any atom is -0.422 e. The number of Topliss-reactive ketones (excluding diaryl/α,β-unsaturated/α-hetero) is 1. The number of hydrogen-bond acceptors (Lipinski definition) is 5. The van der Waals surface area contributed by atoms with Gasteiger partial charge in [0.2, 0.25) is 5.78 Å². The third-order valence-corrected chi connectivity index (χ3v) is 4.91. The summed E-state index contributed by atoms with van der Waals surface area (Å²) in [6, 6.07) is 16.9. The summed E-state index contributed by atoms with van der Waals surface area (Å²) < 4.78 is 5.53. The van der Waals surface area contributed by atoms with Crippen molar-refractivity contribution in [2.24, 2.45) is 0 Å². The maximum Gasteiger partial charge on any atom is 0.347 e. The summed E-state index contributed by atoms with van der Waals surface area (Å²) in [6.45, 7) is 5.87. The van der Waals surface area contributed by atoms with Crippen molar-refractivity contribution >= 4 is 28.5 Å². The van der Waals surface area contributed by atoms with Gasteiger partial charge in [-0.2, -0.15) is 0 Å². The molecule has 0 unspecified atom stereocenters.